The molecule has 1 unspecified atom stereocenters. The lowest BCUT2D eigenvalue weighted by Gasteiger charge is -2.16. The van der Waals surface area contributed by atoms with Crippen LogP contribution < -0.4 is 15.2 Å². The fraction of sp³-hybridized carbons (Fsp3) is 0.500. The summed E-state index contributed by atoms with van der Waals surface area (Å²) in [6.07, 6.45) is 1.68. The maximum absolute atomic E-state index is 12.3. The van der Waals surface area contributed by atoms with Gasteiger partial charge in [-0.15, -0.1) is 0 Å². The average molecular weight is 351 g/mol. The number of anilines is 1. The number of hydrogen-bond acceptors (Lipinski definition) is 4. The largest absolute Gasteiger partial charge is 0.495 e. The van der Waals surface area contributed by atoms with Crippen molar-refractivity contribution in [1.29, 1.82) is 0 Å². The predicted octanol–water partition coefficient (Wildman–Crippen LogP) is 2.51. The van der Waals surface area contributed by atoms with Crippen LogP contribution in [0.25, 0.3) is 0 Å². The molecule has 19 heavy (non-hydrogen) atoms. The van der Waals surface area contributed by atoms with Gasteiger partial charge in [-0.05, 0) is 41.4 Å². The van der Waals surface area contributed by atoms with Gasteiger partial charge in [0, 0.05) is 16.2 Å². The average Bonchev–Trinajstić information content (AvgIpc) is 2.31. The van der Waals surface area contributed by atoms with Crippen molar-refractivity contribution in [2.24, 2.45) is 0 Å². The first-order valence-electron chi connectivity index (χ1n) is 5.97. The molecule has 0 fully saturated rings. The summed E-state index contributed by atoms with van der Waals surface area (Å²) < 4.78 is 32.9. The molecule has 0 heterocycles. The SMILES string of the molecule is CCCC(C)NS(=O)(=O)c1cc(N)c(Br)cc1OC. The van der Waals surface area contributed by atoms with Gasteiger partial charge < -0.3 is 10.5 Å². The summed E-state index contributed by atoms with van der Waals surface area (Å²) in [5.74, 6) is 0.261. The third-order valence-corrected chi connectivity index (χ3v) is 4.95. The zero-order valence-corrected chi connectivity index (χ0v) is 13.6. The van der Waals surface area contributed by atoms with Crippen molar-refractivity contribution in [3.05, 3.63) is 16.6 Å². The van der Waals surface area contributed by atoms with Crippen LogP contribution in [-0.2, 0) is 10.0 Å². The molecule has 1 aromatic rings. The van der Waals surface area contributed by atoms with Crippen molar-refractivity contribution in [3.8, 4) is 5.75 Å². The topological polar surface area (TPSA) is 81.4 Å². The maximum atomic E-state index is 12.3. The monoisotopic (exact) mass is 350 g/mol. The Hall–Kier alpha value is -0.790. The number of halogens is 1. The molecule has 108 valence electrons. The molecule has 1 atom stereocenters. The van der Waals surface area contributed by atoms with Gasteiger partial charge in [0.2, 0.25) is 10.0 Å². The molecular formula is C12H19BrN2O3S. The van der Waals surface area contributed by atoms with E-state index in [1.807, 2.05) is 13.8 Å². The summed E-state index contributed by atoms with van der Waals surface area (Å²) in [5.41, 5.74) is 6.09. The minimum atomic E-state index is -3.64. The van der Waals surface area contributed by atoms with Gasteiger partial charge in [-0.25, -0.2) is 13.1 Å². The number of methoxy groups -OCH3 is 1. The number of sulfonamides is 1. The molecular weight excluding hydrogens is 332 g/mol. The summed E-state index contributed by atoms with van der Waals surface area (Å²) in [5, 5.41) is 0. The molecule has 3 N–H and O–H groups in total. The van der Waals surface area contributed by atoms with Gasteiger partial charge in [-0.2, -0.15) is 0 Å². The van der Waals surface area contributed by atoms with Crippen molar-refractivity contribution in [3.63, 3.8) is 0 Å². The lowest BCUT2D eigenvalue weighted by atomic mass is 10.2. The molecule has 0 saturated carbocycles. The predicted molar refractivity (Wildman–Crippen MR) is 79.8 cm³/mol. The molecule has 0 spiro atoms. The van der Waals surface area contributed by atoms with Crippen LogP contribution in [0.15, 0.2) is 21.5 Å². The van der Waals surface area contributed by atoms with Crippen molar-refractivity contribution >= 4 is 31.6 Å². The highest BCUT2D eigenvalue weighted by Crippen LogP contribution is 2.32. The lowest BCUT2D eigenvalue weighted by molar-refractivity contribution is 0.401. The smallest absolute Gasteiger partial charge is 0.244 e. The van der Waals surface area contributed by atoms with E-state index in [9.17, 15) is 8.42 Å². The van der Waals surface area contributed by atoms with E-state index in [4.69, 9.17) is 10.5 Å². The van der Waals surface area contributed by atoms with Gasteiger partial charge in [-0.3, -0.25) is 0 Å². The second kappa shape index (κ2) is 6.58. The minimum absolute atomic E-state index is 0.0543. The Morgan fingerprint density at radius 2 is 2.11 bits per heavy atom. The van der Waals surface area contributed by atoms with E-state index in [-0.39, 0.29) is 16.7 Å². The van der Waals surface area contributed by atoms with Crippen LogP contribution in [0.5, 0.6) is 5.75 Å². The molecule has 0 aromatic heterocycles. The molecule has 1 rings (SSSR count). The normalized spacial score (nSPS) is 13.3. The first kappa shape index (κ1) is 16.3. The summed E-state index contributed by atoms with van der Waals surface area (Å²) in [7, 11) is -2.22. The Bertz CT molecular complexity index is 546. The molecule has 0 aliphatic heterocycles. The number of nitrogen functional groups attached to an aromatic ring is 1. The number of nitrogens with one attached hydrogen (secondary N) is 1. The van der Waals surface area contributed by atoms with E-state index >= 15 is 0 Å². The van der Waals surface area contributed by atoms with Crippen molar-refractivity contribution in [1.82, 2.24) is 4.72 Å². The Morgan fingerprint density at radius 1 is 1.47 bits per heavy atom. The first-order chi connectivity index (χ1) is 8.81. The van der Waals surface area contributed by atoms with Gasteiger partial charge >= 0.3 is 0 Å². The Labute approximate surface area is 122 Å². The zero-order valence-electron chi connectivity index (χ0n) is 11.2. The van der Waals surface area contributed by atoms with E-state index in [0.717, 1.165) is 12.8 Å². The van der Waals surface area contributed by atoms with Gasteiger partial charge in [0.05, 0.1) is 7.11 Å². The maximum Gasteiger partial charge on any atom is 0.244 e. The van der Waals surface area contributed by atoms with Gasteiger partial charge in [-0.1, -0.05) is 13.3 Å². The van der Waals surface area contributed by atoms with E-state index in [2.05, 4.69) is 20.7 Å². The highest BCUT2D eigenvalue weighted by molar-refractivity contribution is 9.10. The van der Waals surface area contributed by atoms with Crippen LogP contribution in [0.4, 0.5) is 5.69 Å². The standard InChI is InChI=1S/C12H19BrN2O3S/c1-4-5-8(2)15-19(16,17)12-7-10(14)9(13)6-11(12)18-3/h6-8,15H,4-5,14H2,1-3H3. The van der Waals surface area contributed by atoms with Crippen LogP contribution in [0.2, 0.25) is 0 Å². The molecule has 1 aromatic carbocycles. The third-order valence-electron chi connectivity index (χ3n) is 2.65. The highest BCUT2D eigenvalue weighted by atomic mass is 79.9. The van der Waals surface area contributed by atoms with E-state index in [1.54, 1.807) is 6.07 Å². The fourth-order valence-corrected chi connectivity index (χ4v) is 3.53. The molecule has 0 aliphatic carbocycles. The molecule has 0 aliphatic rings. The number of rotatable bonds is 6. The van der Waals surface area contributed by atoms with Crippen LogP contribution in [-0.4, -0.2) is 21.6 Å². The van der Waals surface area contributed by atoms with Crippen molar-refractivity contribution in [2.75, 3.05) is 12.8 Å². The van der Waals surface area contributed by atoms with E-state index in [0.29, 0.717) is 10.2 Å². The number of nitrogens with two attached hydrogens (primary N) is 1. The van der Waals surface area contributed by atoms with Crippen LogP contribution in [0.1, 0.15) is 26.7 Å². The molecule has 0 bridgehead atoms. The first-order valence-corrected chi connectivity index (χ1v) is 8.24. The molecule has 5 nitrogen and oxygen atoms in total. The summed E-state index contributed by atoms with van der Waals surface area (Å²) in [6, 6.07) is 2.81. The lowest BCUT2D eigenvalue weighted by Crippen LogP contribution is -2.32. The molecule has 0 radical (unpaired) electrons. The number of hydrogen-bond donors (Lipinski definition) is 2. The van der Waals surface area contributed by atoms with Crippen LogP contribution in [0.3, 0.4) is 0 Å². The Morgan fingerprint density at radius 3 is 2.63 bits per heavy atom. The zero-order chi connectivity index (χ0) is 14.6. The summed E-state index contributed by atoms with van der Waals surface area (Å²) in [6.45, 7) is 3.83. The third kappa shape index (κ3) is 4.09. The minimum Gasteiger partial charge on any atom is -0.495 e. The summed E-state index contributed by atoms with van der Waals surface area (Å²) in [4.78, 5) is 0.0543. The second-order valence-corrected chi connectivity index (χ2v) is 6.87. The molecule has 7 heteroatoms. The number of benzene rings is 1. The van der Waals surface area contributed by atoms with Crippen molar-refractivity contribution < 1.29 is 13.2 Å². The molecule has 0 amide bonds. The van der Waals surface area contributed by atoms with Gasteiger partial charge in [0.15, 0.2) is 0 Å². The Balaban J connectivity index is 3.17. The second-order valence-electron chi connectivity index (χ2n) is 4.34. The highest BCUT2D eigenvalue weighted by Gasteiger charge is 2.22. The van der Waals surface area contributed by atoms with E-state index < -0.39 is 10.0 Å². The van der Waals surface area contributed by atoms with Crippen molar-refractivity contribution in [2.45, 2.75) is 37.6 Å². The number of ether oxygens (including phenoxy) is 1. The Kier molecular flexibility index (Phi) is 5.64. The van der Waals surface area contributed by atoms with Crippen LogP contribution >= 0.6 is 15.9 Å². The summed E-state index contributed by atoms with van der Waals surface area (Å²) >= 11 is 3.24. The quantitative estimate of drug-likeness (QED) is 0.772. The fourth-order valence-electron chi connectivity index (χ4n) is 1.74. The van der Waals surface area contributed by atoms with Gasteiger partial charge in [0.25, 0.3) is 0 Å². The van der Waals surface area contributed by atoms with Crippen LogP contribution in [0, 0.1) is 0 Å². The van der Waals surface area contributed by atoms with Gasteiger partial charge in [0.1, 0.15) is 10.6 Å². The molecule has 0 saturated heterocycles. The van der Waals surface area contributed by atoms with E-state index in [1.165, 1.54) is 13.2 Å².